The molecular weight excluding hydrogens is 366 g/mol. The molecule has 3 aromatic rings. The minimum absolute atomic E-state index is 0.0857. The van der Waals surface area contributed by atoms with Gasteiger partial charge in [0.25, 0.3) is 0 Å². The van der Waals surface area contributed by atoms with E-state index in [1.54, 1.807) is 0 Å². The topological polar surface area (TPSA) is 80.9 Å². The SMILES string of the molecule is Cc1c2ccc(NC(=O)N3CCC=C(c4cn(C(C)C)nn4)CC3)cc2nn1C. The first-order valence-electron chi connectivity index (χ1n) is 10.0. The predicted octanol–water partition coefficient (Wildman–Crippen LogP) is 3.77. The van der Waals surface area contributed by atoms with Gasteiger partial charge in [-0.3, -0.25) is 4.68 Å². The summed E-state index contributed by atoms with van der Waals surface area (Å²) < 4.78 is 3.72. The van der Waals surface area contributed by atoms with Gasteiger partial charge in [0.05, 0.1) is 11.7 Å². The van der Waals surface area contributed by atoms with E-state index >= 15 is 0 Å². The molecule has 2 aromatic heterocycles. The Morgan fingerprint density at radius 2 is 2.07 bits per heavy atom. The average molecular weight is 393 g/mol. The van der Waals surface area contributed by atoms with Crippen molar-refractivity contribution in [1.29, 1.82) is 0 Å². The summed E-state index contributed by atoms with van der Waals surface area (Å²) in [4.78, 5) is 14.7. The van der Waals surface area contributed by atoms with Crippen molar-refractivity contribution in [1.82, 2.24) is 29.7 Å². The largest absolute Gasteiger partial charge is 0.324 e. The molecule has 0 aliphatic carbocycles. The number of carbonyl (C=O) groups is 1. The zero-order valence-corrected chi connectivity index (χ0v) is 17.4. The minimum Gasteiger partial charge on any atom is -0.324 e. The summed E-state index contributed by atoms with van der Waals surface area (Å²) in [6, 6.07) is 6.06. The molecule has 1 aliphatic heterocycles. The third kappa shape index (κ3) is 3.87. The summed E-state index contributed by atoms with van der Waals surface area (Å²) in [6.07, 6.45) is 5.72. The minimum atomic E-state index is -0.0857. The van der Waals surface area contributed by atoms with E-state index < -0.39 is 0 Å². The van der Waals surface area contributed by atoms with Crippen molar-refractivity contribution in [2.45, 2.75) is 39.7 Å². The molecule has 0 bridgehead atoms. The van der Waals surface area contributed by atoms with Crippen molar-refractivity contribution in [3.05, 3.63) is 41.9 Å². The van der Waals surface area contributed by atoms with E-state index in [4.69, 9.17) is 0 Å². The van der Waals surface area contributed by atoms with Gasteiger partial charge < -0.3 is 10.2 Å². The molecule has 0 fully saturated rings. The van der Waals surface area contributed by atoms with Crippen molar-refractivity contribution in [2.75, 3.05) is 18.4 Å². The van der Waals surface area contributed by atoms with Gasteiger partial charge >= 0.3 is 6.03 Å². The van der Waals surface area contributed by atoms with Crippen LogP contribution < -0.4 is 5.32 Å². The fourth-order valence-electron chi connectivity index (χ4n) is 3.59. The van der Waals surface area contributed by atoms with Gasteiger partial charge in [0, 0.05) is 42.9 Å². The first-order chi connectivity index (χ1) is 13.9. The molecule has 0 radical (unpaired) electrons. The van der Waals surface area contributed by atoms with Gasteiger partial charge in [-0.25, -0.2) is 9.48 Å². The molecule has 2 amide bonds. The number of aryl methyl sites for hydroxylation is 2. The number of rotatable bonds is 3. The number of benzene rings is 1. The summed E-state index contributed by atoms with van der Waals surface area (Å²) in [5.41, 5.74) is 4.81. The normalized spacial score (nSPS) is 14.9. The fraction of sp³-hybridized carbons (Fsp3) is 0.429. The van der Waals surface area contributed by atoms with Crippen LogP contribution in [0.25, 0.3) is 16.5 Å². The number of urea groups is 1. The number of fused-ring (bicyclic) bond motifs is 1. The summed E-state index contributed by atoms with van der Waals surface area (Å²) >= 11 is 0. The second kappa shape index (κ2) is 7.69. The molecule has 8 heteroatoms. The highest BCUT2D eigenvalue weighted by atomic mass is 16.2. The number of hydrogen-bond donors (Lipinski definition) is 1. The van der Waals surface area contributed by atoms with E-state index in [1.165, 1.54) is 0 Å². The molecule has 0 saturated heterocycles. The van der Waals surface area contributed by atoms with Gasteiger partial charge in [-0.05, 0) is 57.4 Å². The van der Waals surface area contributed by atoms with Crippen LogP contribution in [0.3, 0.4) is 0 Å². The number of nitrogens with one attached hydrogen (secondary N) is 1. The number of hydrogen-bond acceptors (Lipinski definition) is 4. The molecule has 3 heterocycles. The number of nitrogens with zero attached hydrogens (tertiary/aromatic N) is 6. The molecule has 4 rings (SSSR count). The lowest BCUT2D eigenvalue weighted by Crippen LogP contribution is -2.35. The monoisotopic (exact) mass is 393 g/mol. The first kappa shape index (κ1) is 19.2. The first-order valence-corrected chi connectivity index (χ1v) is 10.0. The molecule has 0 saturated carbocycles. The van der Waals surface area contributed by atoms with Crippen molar-refractivity contribution in [3.8, 4) is 0 Å². The maximum absolute atomic E-state index is 12.8. The maximum Gasteiger partial charge on any atom is 0.321 e. The Balaban J connectivity index is 1.41. The number of aromatic nitrogens is 5. The molecule has 1 aliphatic rings. The van der Waals surface area contributed by atoms with Gasteiger partial charge in [0.2, 0.25) is 0 Å². The van der Waals surface area contributed by atoms with Crippen molar-refractivity contribution in [2.24, 2.45) is 7.05 Å². The summed E-state index contributed by atoms with van der Waals surface area (Å²) in [5, 5.41) is 17.1. The molecule has 8 nitrogen and oxygen atoms in total. The highest BCUT2D eigenvalue weighted by Crippen LogP contribution is 2.23. The van der Waals surface area contributed by atoms with E-state index in [1.807, 2.05) is 52.6 Å². The summed E-state index contributed by atoms with van der Waals surface area (Å²) in [7, 11) is 1.93. The van der Waals surface area contributed by atoms with Gasteiger partial charge in [0.1, 0.15) is 5.69 Å². The van der Waals surface area contributed by atoms with Gasteiger partial charge in [-0.1, -0.05) is 11.3 Å². The van der Waals surface area contributed by atoms with Crippen LogP contribution in [-0.2, 0) is 7.05 Å². The van der Waals surface area contributed by atoms with E-state index in [0.29, 0.717) is 13.1 Å². The van der Waals surface area contributed by atoms with Crippen molar-refractivity contribution in [3.63, 3.8) is 0 Å². The van der Waals surface area contributed by atoms with Crippen LogP contribution in [0.1, 0.15) is 44.1 Å². The van der Waals surface area contributed by atoms with E-state index in [-0.39, 0.29) is 12.1 Å². The van der Waals surface area contributed by atoms with Gasteiger partial charge in [-0.15, -0.1) is 5.10 Å². The molecule has 29 heavy (non-hydrogen) atoms. The zero-order valence-electron chi connectivity index (χ0n) is 17.4. The molecule has 1 aromatic carbocycles. The predicted molar refractivity (Wildman–Crippen MR) is 114 cm³/mol. The van der Waals surface area contributed by atoms with Gasteiger partial charge in [-0.2, -0.15) is 5.10 Å². The van der Waals surface area contributed by atoms with E-state index in [2.05, 4.69) is 40.7 Å². The third-order valence-electron chi connectivity index (χ3n) is 5.48. The molecule has 1 N–H and O–H groups in total. The highest BCUT2D eigenvalue weighted by Gasteiger charge is 2.19. The number of amides is 2. The Morgan fingerprint density at radius 3 is 2.83 bits per heavy atom. The van der Waals surface area contributed by atoms with Gasteiger partial charge in [0.15, 0.2) is 0 Å². The lowest BCUT2D eigenvalue weighted by atomic mass is 10.1. The Bertz CT molecular complexity index is 1080. The molecule has 0 atom stereocenters. The lowest BCUT2D eigenvalue weighted by molar-refractivity contribution is 0.214. The average Bonchev–Trinajstić information content (AvgIpc) is 3.19. The Labute approximate surface area is 170 Å². The van der Waals surface area contributed by atoms with Crippen LogP contribution in [0.15, 0.2) is 30.5 Å². The fourth-order valence-corrected chi connectivity index (χ4v) is 3.59. The third-order valence-corrected chi connectivity index (χ3v) is 5.48. The van der Waals surface area contributed by atoms with Crippen LogP contribution in [0.2, 0.25) is 0 Å². The van der Waals surface area contributed by atoms with Crippen LogP contribution in [0, 0.1) is 6.92 Å². The maximum atomic E-state index is 12.8. The Hall–Kier alpha value is -3.16. The second-order valence-corrected chi connectivity index (χ2v) is 7.80. The molecule has 0 unspecified atom stereocenters. The van der Waals surface area contributed by atoms with Crippen LogP contribution >= 0.6 is 0 Å². The smallest absolute Gasteiger partial charge is 0.321 e. The Morgan fingerprint density at radius 1 is 1.24 bits per heavy atom. The zero-order chi connectivity index (χ0) is 20.5. The molecular formula is C21H27N7O. The summed E-state index contributed by atoms with van der Waals surface area (Å²) in [5.74, 6) is 0. The molecule has 0 spiro atoms. The highest BCUT2D eigenvalue weighted by molar-refractivity contribution is 5.93. The number of carbonyl (C=O) groups excluding carboxylic acids is 1. The van der Waals surface area contributed by atoms with Crippen molar-refractivity contribution < 1.29 is 4.79 Å². The second-order valence-electron chi connectivity index (χ2n) is 7.80. The quantitative estimate of drug-likeness (QED) is 0.734. The van der Waals surface area contributed by atoms with Crippen LogP contribution in [-0.4, -0.2) is 48.8 Å². The standard InChI is InChI=1S/C21H27N7O/c1-14(2)28-13-20(23-25-28)16-6-5-10-27(11-9-16)21(29)22-17-7-8-18-15(3)26(4)24-19(18)12-17/h6-8,12-14H,5,9-11H2,1-4H3,(H,22,29). The van der Waals surface area contributed by atoms with Crippen LogP contribution in [0.5, 0.6) is 0 Å². The van der Waals surface area contributed by atoms with Crippen molar-refractivity contribution >= 4 is 28.2 Å². The Kier molecular flexibility index (Phi) is 5.08. The molecule has 152 valence electrons. The summed E-state index contributed by atoms with van der Waals surface area (Å²) in [6.45, 7) is 7.52. The van der Waals surface area contributed by atoms with E-state index in [9.17, 15) is 4.79 Å². The van der Waals surface area contributed by atoms with E-state index in [0.717, 1.165) is 46.4 Å². The van der Waals surface area contributed by atoms with Crippen LogP contribution in [0.4, 0.5) is 10.5 Å². The lowest BCUT2D eigenvalue weighted by Gasteiger charge is -2.21. The number of anilines is 1.